The van der Waals surface area contributed by atoms with E-state index in [1.165, 1.54) is 18.5 Å². The largest absolute Gasteiger partial charge is 0.493 e. The van der Waals surface area contributed by atoms with Crippen LogP contribution in [0.5, 0.6) is 17.2 Å². The first-order chi connectivity index (χ1) is 19.4. The molecule has 2 unspecified atom stereocenters. The SMILES string of the molecule is CC1=CCC(COc2cc(F)cc(Oc3ccc(C4=N[N+](C)(C5CCOCC5)c5ncnc(N)c54)cc3)c2)C=N1. The molecule has 6 rings (SSSR count). The number of aromatic nitrogens is 2. The van der Waals surface area contributed by atoms with Gasteiger partial charge in [-0.3, -0.25) is 4.99 Å². The van der Waals surface area contributed by atoms with E-state index in [2.05, 4.69) is 28.1 Å². The van der Waals surface area contributed by atoms with E-state index in [9.17, 15) is 4.39 Å². The number of hydrogen-bond acceptors (Lipinski definition) is 8. The molecule has 3 aromatic rings. The van der Waals surface area contributed by atoms with Gasteiger partial charge in [0.05, 0.1) is 26.9 Å². The molecule has 4 heterocycles. The van der Waals surface area contributed by atoms with Crippen molar-refractivity contribution in [1.29, 1.82) is 0 Å². The second-order valence-corrected chi connectivity index (χ2v) is 10.5. The lowest BCUT2D eigenvalue weighted by Crippen LogP contribution is -2.50. The topological polar surface area (TPSA) is 104 Å². The van der Waals surface area contributed by atoms with Crippen LogP contribution in [0.3, 0.4) is 0 Å². The van der Waals surface area contributed by atoms with Crippen molar-refractivity contribution in [2.24, 2.45) is 16.0 Å². The molecule has 2 atom stereocenters. The Morgan fingerprint density at radius 2 is 1.82 bits per heavy atom. The van der Waals surface area contributed by atoms with E-state index in [1.807, 2.05) is 37.4 Å². The predicted octanol–water partition coefficient (Wildman–Crippen LogP) is 5.25. The van der Waals surface area contributed by atoms with Crippen LogP contribution >= 0.6 is 0 Å². The van der Waals surface area contributed by atoms with Crippen molar-refractivity contribution in [3.05, 3.63) is 77.5 Å². The zero-order valence-corrected chi connectivity index (χ0v) is 22.6. The average Bonchev–Trinajstić information content (AvgIpc) is 3.28. The second-order valence-electron chi connectivity index (χ2n) is 10.5. The molecule has 0 aliphatic carbocycles. The Balaban J connectivity index is 1.20. The second kappa shape index (κ2) is 10.8. The molecule has 206 valence electrons. The highest BCUT2D eigenvalue weighted by Crippen LogP contribution is 2.40. The smallest absolute Gasteiger partial charge is 0.269 e. The van der Waals surface area contributed by atoms with Gasteiger partial charge in [-0.2, -0.15) is 4.98 Å². The molecule has 1 fully saturated rings. The van der Waals surface area contributed by atoms with Crippen molar-refractivity contribution in [2.75, 3.05) is 32.6 Å². The molecule has 9 nitrogen and oxygen atoms in total. The number of hydrogen-bond donors (Lipinski definition) is 1. The standard InChI is InChI=1S/C30H32FN6O3/c1-19-3-4-20(16-33-19)17-39-25-13-22(31)14-26(15-25)40-24-7-5-21(6-8-24)28-27-29(32)34-18-35-30(27)37(2,36-28)23-9-11-38-12-10-23/h3,5-8,13-16,18,20,23H,4,9-12,17H2,1-2H3,(H2,32,34,35)/q+1. The lowest BCUT2D eigenvalue weighted by molar-refractivity contribution is 0.0456. The van der Waals surface area contributed by atoms with Gasteiger partial charge in [-0.1, -0.05) is 11.2 Å². The van der Waals surface area contributed by atoms with Crippen LogP contribution in [-0.2, 0) is 4.74 Å². The van der Waals surface area contributed by atoms with Crippen molar-refractivity contribution >= 4 is 23.6 Å². The first-order valence-corrected chi connectivity index (χ1v) is 13.5. The third-order valence-electron chi connectivity index (χ3n) is 7.61. The Morgan fingerprint density at radius 1 is 1.05 bits per heavy atom. The molecular formula is C30H32FN6O3+. The van der Waals surface area contributed by atoms with Gasteiger partial charge < -0.3 is 19.9 Å². The van der Waals surface area contributed by atoms with E-state index in [1.54, 1.807) is 6.07 Å². The monoisotopic (exact) mass is 543 g/mol. The van der Waals surface area contributed by atoms with Gasteiger partial charge in [-0.15, -0.1) is 4.59 Å². The molecule has 10 heteroatoms. The quantitative estimate of drug-likeness (QED) is 0.409. The molecule has 3 aliphatic heterocycles. The maximum Gasteiger partial charge on any atom is 0.269 e. The highest BCUT2D eigenvalue weighted by atomic mass is 19.1. The summed E-state index contributed by atoms with van der Waals surface area (Å²) < 4.78 is 32.1. The number of allylic oxidation sites excluding steroid dienone is 2. The van der Waals surface area contributed by atoms with Crippen LogP contribution in [0.15, 0.2) is 70.7 Å². The Labute approximate surface area is 232 Å². The summed E-state index contributed by atoms with van der Waals surface area (Å²) in [4.78, 5) is 13.2. The molecule has 2 aromatic carbocycles. The molecule has 0 amide bonds. The number of rotatable bonds is 7. The number of ether oxygens (including phenoxy) is 3. The molecule has 1 saturated heterocycles. The van der Waals surface area contributed by atoms with Crippen molar-refractivity contribution in [1.82, 2.24) is 14.6 Å². The van der Waals surface area contributed by atoms with Crippen LogP contribution in [-0.4, -0.2) is 54.8 Å². The lowest BCUT2D eigenvalue weighted by atomic mass is 10.0. The Hall–Kier alpha value is -4.15. The number of benzene rings is 2. The Kier molecular flexibility index (Phi) is 7.03. The number of fused-ring (bicyclic) bond motifs is 1. The van der Waals surface area contributed by atoms with Crippen LogP contribution in [0, 0.1) is 11.7 Å². The maximum absolute atomic E-state index is 14.4. The van der Waals surface area contributed by atoms with E-state index in [-0.39, 0.29) is 12.0 Å². The van der Waals surface area contributed by atoms with Crippen molar-refractivity contribution in [2.45, 2.75) is 32.2 Å². The van der Waals surface area contributed by atoms with Crippen LogP contribution in [0.2, 0.25) is 0 Å². The first kappa shape index (κ1) is 26.1. The summed E-state index contributed by atoms with van der Waals surface area (Å²) in [6.07, 6.45) is 8.06. The van der Waals surface area contributed by atoms with Crippen molar-refractivity contribution < 1.29 is 18.6 Å². The van der Waals surface area contributed by atoms with Gasteiger partial charge in [0, 0.05) is 54.4 Å². The van der Waals surface area contributed by atoms with Crippen molar-refractivity contribution in [3.63, 3.8) is 0 Å². The predicted molar refractivity (Wildman–Crippen MR) is 152 cm³/mol. The number of nitrogen functional groups attached to an aromatic ring is 1. The molecule has 1 aromatic heterocycles. The fourth-order valence-corrected chi connectivity index (χ4v) is 5.38. The molecule has 40 heavy (non-hydrogen) atoms. The van der Waals surface area contributed by atoms with Crippen LogP contribution < -0.4 is 19.8 Å². The summed E-state index contributed by atoms with van der Waals surface area (Å²) in [7, 11) is 2.06. The molecule has 3 aliphatic rings. The van der Waals surface area contributed by atoms with Gasteiger partial charge in [-0.05, 0) is 37.6 Å². The maximum atomic E-state index is 14.4. The zero-order valence-electron chi connectivity index (χ0n) is 22.6. The van der Waals surface area contributed by atoms with Crippen LogP contribution in [0.4, 0.5) is 16.0 Å². The normalized spacial score (nSPS) is 22.4. The molecule has 2 N–H and O–H groups in total. The Bertz CT molecular complexity index is 1500. The number of aliphatic imine (C=N–C) groups is 1. The summed E-state index contributed by atoms with van der Waals surface area (Å²) in [6, 6.07) is 12.1. The zero-order chi connectivity index (χ0) is 27.7. The fraction of sp³-hybridized carbons (Fsp3) is 0.333. The summed E-state index contributed by atoms with van der Waals surface area (Å²) in [5.41, 5.74) is 9.70. The number of quaternary nitrogens is 1. The summed E-state index contributed by atoms with van der Waals surface area (Å²) in [6.45, 7) is 3.77. The van der Waals surface area contributed by atoms with Gasteiger partial charge >= 0.3 is 0 Å². The molecule has 0 radical (unpaired) electrons. The van der Waals surface area contributed by atoms with Gasteiger partial charge in [0.25, 0.3) is 5.82 Å². The summed E-state index contributed by atoms with van der Waals surface area (Å²) in [5.74, 6) is 2.22. The highest BCUT2D eigenvalue weighted by molar-refractivity contribution is 6.19. The van der Waals surface area contributed by atoms with Gasteiger partial charge in [-0.25, -0.2) is 9.37 Å². The molecular weight excluding hydrogens is 511 g/mol. The van der Waals surface area contributed by atoms with Crippen molar-refractivity contribution in [3.8, 4) is 17.2 Å². The summed E-state index contributed by atoms with van der Waals surface area (Å²) >= 11 is 0. The minimum absolute atomic E-state index is 0.152. The highest BCUT2D eigenvalue weighted by Gasteiger charge is 2.47. The Morgan fingerprint density at radius 3 is 2.58 bits per heavy atom. The molecule has 0 saturated carbocycles. The third kappa shape index (κ3) is 5.20. The van der Waals surface area contributed by atoms with Gasteiger partial charge in [0.2, 0.25) is 0 Å². The van der Waals surface area contributed by atoms with Crippen LogP contribution in [0.25, 0.3) is 0 Å². The van der Waals surface area contributed by atoms with E-state index in [4.69, 9.17) is 25.0 Å². The third-order valence-corrected chi connectivity index (χ3v) is 7.61. The number of nitrogens with zero attached hydrogens (tertiary/aromatic N) is 5. The van der Waals surface area contributed by atoms with E-state index < -0.39 is 5.82 Å². The van der Waals surface area contributed by atoms with E-state index >= 15 is 0 Å². The average molecular weight is 544 g/mol. The summed E-state index contributed by atoms with van der Waals surface area (Å²) in [5, 5.41) is 5.14. The minimum Gasteiger partial charge on any atom is -0.493 e. The van der Waals surface area contributed by atoms with E-state index in [0.29, 0.717) is 47.5 Å². The lowest BCUT2D eigenvalue weighted by Gasteiger charge is -2.34. The minimum atomic E-state index is -0.435. The molecule has 0 spiro atoms. The fourth-order valence-electron chi connectivity index (χ4n) is 5.38. The number of nitrogens with two attached hydrogens (primary N) is 1. The van der Waals surface area contributed by atoms with E-state index in [0.717, 1.165) is 47.6 Å². The first-order valence-electron chi connectivity index (χ1n) is 13.5. The van der Waals surface area contributed by atoms with Gasteiger partial charge in [0.15, 0.2) is 0 Å². The van der Waals surface area contributed by atoms with Gasteiger partial charge in [0.1, 0.15) is 52.5 Å². The number of halogens is 1. The van der Waals surface area contributed by atoms with Crippen LogP contribution in [0.1, 0.15) is 37.3 Å². The molecule has 0 bridgehead atoms. The number of anilines is 1.